The van der Waals surface area contributed by atoms with Gasteiger partial charge in [0.25, 0.3) is 0 Å². The van der Waals surface area contributed by atoms with Crippen LogP contribution in [0.15, 0.2) is 96.2 Å². The predicted molar refractivity (Wildman–Crippen MR) is 119 cm³/mol. The first-order valence-electron chi connectivity index (χ1n) is 9.59. The van der Waals surface area contributed by atoms with Crippen LogP contribution in [0.5, 0.6) is 0 Å². The summed E-state index contributed by atoms with van der Waals surface area (Å²) in [6.45, 7) is 0.700. The smallest absolute Gasteiger partial charge is 0.198 e. The normalized spacial score (nSPS) is 11.2. The number of nitrogens with one attached hydrogen (secondary N) is 1. The summed E-state index contributed by atoms with van der Waals surface area (Å²) < 4.78 is 2.00. The largest absolute Gasteiger partial charge is 0.352 e. The molecule has 29 heavy (non-hydrogen) atoms. The molecule has 0 aliphatic heterocycles. The third-order valence-corrected chi connectivity index (χ3v) is 5.83. The lowest BCUT2D eigenvalue weighted by Crippen LogP contribution is -2.03. The van der Waals surface area contributed by atoms with Gasteiger partial charge in [0, 0.05) is 16.7 Å². The van der Waals surface area contributed by atoms with E-state index >= 15 is 0 Å². The highest BCUT2D eigenvalue weighted by Crippen LogP contribution is 2.27. The van der Waals surface area contributed by atoms with Gasteiger partial charge < -0.3 is 4.98 Å². The zero-order valence-corrected chi connectivity index (χ0v) is 16.6. The number of aromatic nitrogens is 4. The zero-order valence-electron chi connectivity index (χ0n) is 15.8. The number of fused-ring (bicyclic) bond motifs is 1. The van der Waals surface area contributed by atoms with Crippen LogP contribution in [-0.4, -0.2) is 19.7 Å². The minimum atomic E-state index is 0.700. The molecule has 5 heteroatoms. The second-order valence-corrected chi connectivity index (χ2v) is 7.85. The standard InChI is InChI=1S/C24H20N4S/c1-3-9-18(10-4-1)16-28-24(29-17-19-11-5-2-6-12-19)26-23(27-28)22-15-20-13-7-8-14-21(20)25-22/h1-15,25H,16-17H2. The molecule has 0 aliphatic carbocycles. The van der Waals surface area contributed by atoms with Gasteiger partial charge >= 0.3 is 0 Å². The molecule has 0 saturated heterocycles. The summed E-state index contributed by atoms with van der Waals surface area (Å²) in [5.41, 5.74) is 4.53. The molecule has 5 aromatic rings. The Morgan fingerprint density at radius 3 is 2.24 bits per heavy atom. The molecule has 0 aliphatic rings. The topological polar surface area (TPSA) is 46.5 Å². The molecule has 0 spiro atoms. The number of rotatable bonds is 6. The van der Waals surface area contributed by atoms with Gasteiger partial charge in [-0.3, -0.25) is 0 Å². The number of nitrogens with zero attached hydrogens (tertiary/aromatic N) is 3. The van der Waals surface area contributed by atoms with Crippen LogP contribution in [0.1, 0.15) is 11.1 Å². The van der Waals surface area contributed by atoms with Crippen molar-refractivity contribution in [1.29, 1.82) is 0 Å². The number of thioether (sulfide) groups is 1. The lowest BCUT2D eigenvalue weighted by atomic mass is 10.2. The van der Waals surface area contributed by atoms with Crippen molar-refractivity contribution in [3.05, 3.63) is 102 Å². The van der Waals surface area contributed by atoms with Crippen molar-refractivity contribution in [2.75, 3.05) is 0 Å². The highest BCUT2D eigenvalue weighted by atomic mass is 32.2. The van der Waals surface area contributed by atoms with Crippen molar-refractivity contribution >= 4 is 22.7 Å². The Labute approximate surface area is 173 Å². The molecule has 0 amide bonds. The van der Waals surface area contributed by atoms with E-state index < -0.39 is 0 Å². The van der Waals surface area contributed by atoms with E-state index in [0.717, 1.165) is 27.9 Å². The molecule has 2 aromatic heterocycles. The summed E-state index contributed by atoms with van der Waals surface area (Å²) in [6, 6.07) is 31.2. The van der Waals surface area contributed by atoms with Crippen LogP contribution in [-0.2, 0) is 12.3 Å². The van der Waals surface area contributed by atoms with Gasteiger partial charge in [0.15, 0.2) is 11.0 Å². The fourth-order valence-electron chi connectivity index (χ4n) is 3.32. The average Bonchev–Trinajstić information content (AvgIpc) is 3.38. The number of hydrogen-bond donors (Lipinski definition) is 1. The summed E-state index contributed by atoms with van der Waals surface area (Å²) in [5.74, 6) is 1.59. The second-order valence-electron chi connectivity index (χ2n) is 6.91. The van der Waals surface area contributed by atoms with Crippen LogP contribution < -0.4 is 0 Å². The molecule has 0 radical (unpaired) electrons. The van der Waals surface area contributed by atoms with Crippen LogP contribution in [0.2, 0.25) is 0 Å². The minimum Gasteiger partial charge on any atom is -0.352 e. The van der Waals surface area contributed by atoms with Gasteiger partial charge in [0.1, 0.15) is 0 Å². The maximum Gasteiger partial charge on any atom is 0.198 e. The summed E-state index contributed by atoms with van der Waals surface area (Å²) in [7, 11) is 0. The molecule has 0 unspecified atom stereocenters. The van der Waals surface area contributed by atoms with Gasteiger partial charge in [-0.15, -0.1) is 5.10 Å². The van der Waals surface area contributed by atoms with E-state index in [1.165, 1.54) is 16.5 Å². The molecular formula is C24H20N4S. The lowest BCUT2D eigenvalue weighted by molar-refractivity contribution is 0.619. The predicted octanol–water partition coefficient (Wildman–Crippen LogP) is 5.77. The first kappa shape index (κ1) is 17.8. The van der Waals surface area contributed by atoms with E-state index in [1.807, 2.05) is 28.9 Å². The highest BCUT2D eigenvalue weighted by molar-refractivity contribution is 7.98. The van der Waals surface area contributed by atoms with E-state index in [2.05, 4.69) is 71.7 Å². The summed E-state index contributed by atoms with van der Waals surface area (Å²) in [4.78, 5) is 8.31. The SMILES string of the molecule is c1ccc(CSc2nc(-c3cc4ccccc4[nH]3)nn2Cc2ccccc2)cc1. The van der Waals surface area contributed by atoms with Crippen molar-refractivity contribution < 1.29 is 0 Å². The monoisotopic (exact) mass is 396 g/mol. The van der Waals surface area contributed by atoms with Crippen LogP contribution in [0, 0.1) is 0 Å². The molecule has 1 N–H and O–H groups in total. The molecule has 5 rings (SSSR count). The summed E-state index contributed by atoms with van der Waals surface area (Å²) in [5, 5.41) is 6.93. The van der Waals surface area contributed by atoms with Crippen molar-refractivity contribution in [1.82, 2.24) is 19.7 Å². The first-order chi connectivity index (χ1) is 14.3. The Bertz CT molecular complexity index is 1190. The summed E-state index contributed by atoms with van der Waals surface area (Å²) >= 11 is 1.72. The van der Waals surface area contributed by atoms with Gasteiger partial charge in [-0.25, -0.2) is 4.68 Å². The van der Waals surface area contributed by atoms with Crippen LogP contribution in [0.25, 0.3) is 22.4 Å². The third-order valence-electron chi connectivity index (χ3n) is 4.79. The van der Waals surface area contributed by atoms with Gasteiger partial charge in [0.2, 0.25) is 0 Å². The van der Waals surface area contributed by atoms with Crippen molar-refractivity contribution in [3.8, 4) is 11.5 Å². The molecule has 142 valence electrons. The zero-order chi connectivity index (χ0) is 19.5. The third kappa shape index (κ3) is 3.96. The Morgan fingerprint density at radius 1 is 0.793 bits per heavy atom. The maximum atomic E-state index is 4.87. The number of H-pyrrole nitrogens is 1. The van der Waals surface area contributed by atoms with Gasteiger partial charge in [0.05, 0.1) is 12.2 Å². The summed E-state index contributed by atoms with van der Waals surface area (Å²) in [6.07, 6.45) is 0. The number of para-hydroxylation sites is 1. The first-order valence-corrected chi connectivity index (χ1v) is 10.6. The van der Waals surface area contributed by atoms with E-state index in [9.17, 15) is 0 Å². The molecular weight excluding hydrogens is 376 g/mol. The highest BCUT2D eigenvalue weighted by Gasteiger charge is 2.14. The second kappa shape index (κ2) is 7.97. The van der Waals surface area contributed by atoms with Gasteiger partial charge in [-0.1, -0.05) is 90.6 Å². The molecule has 4 nitrogen and oxygen atoms in total. The Balaban J connectivity index is 1.48. The molecule has 0 bridgehead atoms. The molecule has 3 aromatic carbocycles. The Morgan fingerprint density at radius 2 is 1.48 bits per heavy atom. The maximum absolute atomic E-state index is 4.87. The van der Waals surface area contributed by atoms with Gasteiger partial charge in [-0.05, 0) is 23.3 Å². The van der Waals surface area contributed by atoms with Gasteiger partial charge in [-0.2, -0.15) is 4.98 Å². The molecule has 0 atom stereocenters. The molecule has 2 heterocycles. The van der Waals surface area contributed by atoms with E-state index in [-0.39, 0.29) is 0 Å². The average molecular weight is 397 g/mol. The van der Waals surface area contributed by atoms with Crippen molar-refractivity contribution in [3.63, 3.8) is 0 Å². The quantitative estimate of drug-likeness (QED) is 0.371. The van der Waals surface area contributed by atoms with E-state index in [4.69, 9.17) is 10.1 Å². The van der Waals surface area contributed by atoms with E-state index in [0.29, 0.717) is 6.54 Å². The van der Waals surface area contributed by atoms with Crippen molar-refractivity contribution in [2.24, 2.45) is 0 Å². The fraction of sp³-hybridized carbons (Fsp3) is 0.0833. The van der Waals surface area contributed by atoms with Crippen LogP contribution in [0.4, 0.5) is 0 Å². The number of hydrogen-bond acceptors (Lipinski definition) is 3. The fourth-order valence-corrected chi connectivity index (χ4v) is 4.22. The minimum absolute atomic E-state index is 0.700. The Hall–Kier alpha value is -3.31. The lowest BCUT2D eigenvalue weighted by Gasteiger charge is -2.05. The van der Waals surface area contributed by atoms with Crippen molar-refractivity contribution in [2.45, 2.75) is 17.5 Å². The van der Waals surface area contributed by atoms with E-state index in [1.54, 1.807) is 11.8 Å². The van der Waals surface area contributed by atoms with Crippen LogP contribution in [0.3, 0.4) is 0 Å². The molecule has 0 saturated carbocycles. The molecule has 0 fully saturated rings. The Kier molecular flexibility index (Phi) is 4.88. The van der Waals surface area contributed by atoms with Crippen LogP contribution >= 0.6 is 11.8 Å². The number of aromatic amines is 1. The number of benzene rings is 3.